The fraction of sp³-hybridized carbons (Fsp3) is 0.500. The normalized spacial score (nSPS) is 10.3. The summed E-state index contributed by atoms with van der Waals surface area (Å²) in [6.45, 7) is 6.08. The zero-order valence-corrected chi connectivity index (χ0v) is 10.8. The Kier molecular flexibility index (Phi) is 5.70. The van der Waals surface area contributed by atoms with Gasteiger partial charge in [-0.3, -0.25) is 4.79 Å². The molecule has 94 valence electrons. The fourth-order valence-corrected chi connectivity index (χ4v) is 1.70. The van der Waals surface area contributed by atoms with Crippen molar-refractivity contribution in [2.45, 2.75) is 26.7 Å². The number of aryl methyl sites for hydroxylation is 1. The van der Waals surface area contributed by atoms with Crippen molar-refractivity contribution < 1.29 is 4.79 Å². The number of carbonyl (C=O) groups is 1. The molecule has 3 heteroatoms. The van der Waals surface area contributed by atoms with Crippen LogP contribution in [0.15, 0.2) is 24.3 Å². The molecule has 1 amide bonds. The highest BCUT2D eigenvalue weighted by molar-refractivity contribution is 5.94. The van der Waals surface area contributed by atoms with Gasteiger partial charge in [-0.15, -0.1) is 0 Å². The van der Waals surface area contributed by atoms with Gasteiger partial charge in [-0.05, 0) is 25.5 Å². The lowest BCUT2D eigenvalue weighted by atomic mass is 10.1. The largest absolute Gasteiger partial charge is 0.337 e. The number of hydrogen-bond donors (Lipinski definition) is 1. The Morgan fingerprint density at radius 1 is 1.24 bits per heavy atom. The summed E-state index contributed by atoms with van der Waals surface area (Å²) in [4.78, 5) is 14.1. The Hall–Kier alpha value is -1.35. The molecule has 0 bridgehead atoms. The van der Waals surface area contributed by atoms with Crippen LogP contribution in [0.3, 0.4) is 0 Å². The maximum Gasteiger partial charge on any atom is 0.253 e. The standard InChI is InChI=1S/C14H22N2O/c1-3-4-10-16(11-9-15)14(17)13-7-5-12(2)6-8-13/h5-8H,3-4,9-11,15H2,1-2H3. The molecule has 1 aromatic rings. The van der Waals surface area contributed by atoms with E-state index in [2.05, 4.69) is 6.92 Å². The summed E-state index contributed by atoms with van der Waals surface area (Å²) in [7, 11) is 0. The van der Waals surface area contributed by atoms with Gasteiger partial charge in [-0.2, -0.15) is 0 Å². The van der Waals surface area contributed by atoms with Gasteiger partial charge in [0.2, 0.25) is 0 Å². The number of nitrogens with two attached hydrogens (primary N) is 1. The van der Waals surface area contributed by atoms with E-state index in [1.807, 2.05) is 36.1 Å². The number of amides is 1. The smallest absolute Gasteiger partial charge is 0.253 e. The van der Waals surface area contributed by atoms with Crippen LogP contribution in [-0.4, -0.2) is 30.4 Å². The van der Waals surface area contributed by atoms with Crippen molar-refractivity contribution in [1.82, 2.24) is 4.90 Å². The third-order valence-electron chi connectivity index (χ3n) is 2.77. The first-order valence-corrected chi connectivity index (χ1v) is 6.25. The molecule has 0 aliphatic heterocycles. The number of rotatable bonds is 6. The Balaban J connectivity index is 2.72. The zero-order chi connectivity index (χ0) is 12.7. The summed E-state index contributed by atoms with van der Waals surface area (Å²) in [5.74, 6) is 0.0869. The van der Waals surface area contributed by atoms with Gasteiger partial charge >= 0.3 is 0 Å². The Morgan fingerprint density at radius 3 is 2.41 bits per heavy atom. The van der Waals surface area contributed by atoms with Crippen LogP contribution in [0.2, 0.25) is 0 Å². The van der Waals surface area contributed by atoms with Crippen LogP contribution in [0.5, 0.6) is 0 Å². The average Bonchev–Trinajstić information content (AvgIpc) is 2.34. The number of carbonyl (C=O) groups excluding carboxylic acids is 1. The predicted octanol–water partition coefficient (Wildman–Crippen LogP) is 2.20. The van der Waals surface area contributed by atoms with Crippen molar-refractivity contribution >= 4 is 5.91 Å². The first-order chi connectivity index (χ1) is 8.19. The molecule has 0 atom stereocenters. The van der Waals surface area contributed by atoms with Crippen LogP contribution in [0.25, 0.3) is 0 Å². The summed E-state index contributed by atoms with van der Waals surface area (Å²) in [6, 6.07) is 7.70. The van der Waals surface area contributed by atoms with E-state index in [-0.39, 0.29) is 5.91 Å². The second-order valence-corrected chi connectivity index (χ2v) is 4.30. The summed E-state index contributed by atoms with van der Waals surface area (Å²) in [5, 5.41) is 0. The molecule has 0 saturated heterocycles. The Labute approximate surface area is 104 Å². The van der Waals surface area contributed by atoms with Crippen LogP contribution < -0.4 is 5.73 Å². The van der Waals surface area contributed by atoms with Crippen molar-refractivity contribution in [3.05, 3.63) is 35.4 Å². The highest BCUT2D eigenvalue weighted by atomic mass is 16.2. The molecule has 0 radical (unpaired) electrons. The van der Waals surface area contributed by atoms with E-state index in [9.17, 15) is 4.79 Å². The Bertz CT molecular complexity index is 346. The molecule has 0 aliphatic carbocycles. The van der Waals surface area contributed by atoms with E-state index < -0.39 is 0 Å². The molecule has 0 unspecified atom stereocenters. The van der Waals surface area contributed by atoms with E-state index in [1.54, 1.807) is 0 Å². The molecule has 0 saturated carbocycles. The van der Waals surface area contributed by atoms with E-state index in [0.717, 1.165) is 24.9 Å². The number of hydrogen-bond acceptors (Lipinski definition) is 2. The van der Waals surface area contributed by atoms with Gasteiger partial charge < -0.3 is 10.6 Å². The highest BCUT2D eigenvalue weighted by Crippen LogP contribution is 2.08. The summed E-state index contributed by atoms with van der Waals surface area (Å²) in [6.07, 6.45) is 2.11. The molecule has 0 spiro atoms. The lowest BCUT2D eigenvalue weighted by molar-refractivity contribution is 0.0758. The average molecular weight is 234 g/mol. The molecule has 0 aromatic heterocycles. The molecule has 0 heterocycles. The van der Waals surface area contributed by atoms with Gasteiger partial charge in [0.25, 0.3) is 5.91 Å². The highest BCUT2D eigenvalue weighted by Gasteiger charge is 2.13. The lowest BCUT2D eigenvalue weighted by Gasteiger charge is -2.21. The van der Waals surface area contributed by atoms with E-state index >= 15 is 0 Å². The number of benzene rings is 1. The topological polar surface area (TPSA) is 46.3 Å². The molecule has 0 fully saturated rings. The minimum Gasteiger partial charge on any atom is -0.337 e. The van der Waals surface area contributed by atoms with Crippen LogP contribution in [0.4, 0.5) is 0 Å². The van der Waals surface area contributed by atoms with Gasteiger partial charge in [0.15, 0.2) is 0 Å². The van der Waals surface area contributed by atoms with E-state index in [4.69, 9.17) is 5.73 Å². The quantitative estimate of drug-likeness (QED) is 0.820. The van der Waals surface area contributed by atoms with E-state index in [0.29, 0.717) is 13.1 Å². The van der Waals surface area contributed by atoms with Crippen molar-refractivity contribution in [3.8, 4) is 0 Å². The van der Waals surface area contributed by atoms with E-state index in [1.165, 1.54) is 5.56 Å². The molecule has 2 N–H and O–H groups in total. The summed E-state index contributed by atoms with van der Waals surface area (Å²) in [5.41, 5.74) is 7.46. The number of unbranched alkanes of at least 4 members (excludes halogenated alkanes) is 1. The van der Waals surface area contributed by atoms with Gasteiger partial charge in [0, 0.05) is 25.2 Å². The van der Waals surface area contributed by atoms with Gasteiger partial charge in [-0.25, -0.2) is 0 Å². The lowest BCUT2D eigenvalue weighted by Crippen LogP contribution is -2.36. The van der Waals surface area contributed by atoms with Crippen LogP contribution in [0.1, 0.15) is 35.7 Å². The SMILES string of the molecule is CCCCN(CCN)C(=O)c1ccc(C)cc1. The molecule has 0 aliphatic rings. The molecular weight excluding hydrogens is 212 g/mol. The zero-order valence-electron chi connectivity index (χ0n) is 10.8. The van der Waals surface area contributed by atoms with Crippen LogP contribution >= 0.6 is 0 Å². The van der Waals surface area contributed by atoms with Crippen molar-refractivity contribution in [2.75, 3.05) is 19.6 Å². The van der Waals surface area contributed by atoms with Gasteiger partial charge in [-0.1, -0.05) is 31.0 Å². The third-order valence-corrected chi connectivity index (χ3v) is 2.77. The summed E-state index contributed by atoms with van der Waals surface area (Å²) < 4.78 is 0. The Morgan fingerprint density at radius 2 is 1.88 bits per heavy atom. The molecule has 3 nitrogen and oxygen atoms in total. The molecule has 17 heavy (non-hydrogen) atoms. The van der Waals surface area contributed by atoms with Gasteiger partial charge in [0.1, 0.15) is 0 Å². The minimum atomic E-state index is 0.0869. The minimum absolute atomic E-state index is 0.0869. The van der Waals surface area contributed by atoms with Crippen molar-refractivity contribution in [1.29, 1.82) is 0 Å². The predicted molar refractivity (Wildman–Crippen MR) is 71.0 cm³/mol. The van der Waals surface area contributed by atoms with Crippen LogP contribution in [0, 0.1) is 6.92 Å². The summed E-state index contributed by atoms with van der Waals surface area (Å²) >= 11 is 0. The monoisotopic (exact) mass is 234 g/mol. The van der Waals surface area contributed by atoms with Crippen molar-refractivity contribution in [2.24, 2.45) is 5.73 Å². The molecular formula is C14H22N2O. The molecule has 1 aromatic carbocycles. The fourth-order valence-electron chi connectivity index (χ4n) is 1.70. The first kappa shape index (κ1) is 13.7. The molecule has 1 rings (SSSR count). The van der Waals surface area contributed by atoms with Gasteiger partial charge in [0.05, 0.1) is 0 Å². The maximum atomic E-state index is 12.2. The maximum absolute atomic E-state index is 12.2. The second kappa shape index (κ2) is 7.07. The van der Waals surface area contributed by atoms with Crippen LogP contribution in [-0.2, 0) is 0 Å². The van der Waals surface area contributed by atoms with Crippen molar-refractivity contribution in [3.63, 3.8) is 0 Å². The third kappa shape index (κ3) is 4.19. The number of nitrogens with zero attached hydrogens (tertiary/aromatic N) is 1. The second-order valence-electron chi connectivity index (χ2n) is 4.30. The first-order valence-electron chi connectivity index (χ1n) is 6.25.